The summed E-state index contributed by atoms with van der Waals surface area (Å²) < 4.78 is 1.94. The van der Waals surface area contributed by atoms with Crippen LogP contribution < -0.4 is 0 Å². The van der Waals surface area contributed by atoms with E-state index in [-0.39, 0.29) is 0 Å². The third-order valence-corrected chi connectivity index (χ3v) is 5.36. The zero-order valence-corrected chi connectivity index (χ0v) is 20.6. The summed E-state index contributed by atoms with van der Waals surface area (Å²) in [5.74, 6) is 0.380. The molecule has 0 atom stereocenters. The summed E-state index contributed by atoms with van der Waals surface area (Å²) in [4.78, 5) is 14.9. The Hall–Kier alpha value is -0.610. The van der Waals surface area contributed by atoms with Crippen LogP contribution in [0.25, 0.3) is 0 Å². The predicted molar refractivity (Wildman–Crippen MR) is 123 cm³/mol. The number of carbonyl (C=O) groups excluding carboxylic acids is 1. The van der Waals surface area contributed by atoms with Gasteiger partial charge in [-0.2, -0.15) is 0 Å². The molecule has 4 heteroatoms. The molecule has 0 unspecified atom stereocenters. The lowest BCUT2D eigenvalue weighted by molar-refractivity contribution is -0.870. The highest BCUT2D eigenvalue weighted by Gasteiger charge is 2.16. The molecule has 1 amide bonds. The molecule has 0 aliphatic rings. The second-order valence-electron chi connectivity index (χ2n) is 10.7. The van der Waals surface area contributed by atoms with E-state index in [1.165, 1.54) is 51.4 Å². The minimum absolute atomic E-state index is 0.380. The zero-order chi connectivity index (χ0) is 21.5. The maximum absolute atomic E-state index is 12.8. The summed E-state index contributed by atoms with van der Waals surface area (Å²) in [6.07, 6.45) is 14.7. The monoisotopic (exact) mass is 399 g/mol. The average molecular weight is 400 g/mol. The van der Waals surface area contributed by atoms with Gasteiger partial charge in [0.15, 0.2) is 0 Å². The standard InChI is InChI=1S/C24H53N3O/c1-8-9-10-11-12-13-14-15-16-19-24(28)25(20-17-22-26(2,3)4)21-18-23-27(5,6)7/h8-23H2,1-7H3/q+2. The van der Waals surface area contributed by atoms with Crippen LogP contribution in [0.15, 0.2) is 0 Å². The van der Waals surface area contributed by atoms with E-state index in [4.69, 9.17) is 0 Å². The molecule has 0 spiro atoms. The average Bonchev–Trinajstić information content (AvgIpc) is 2.56. The molecule has 0 heterocycles. The van der Waals surface area contributed by atoms with Crippen LogP contribution in [0.2, 0.25) is 0 Å². The SMILES string of the molecule is CCCCCCCCCCCC(=O)N(CCC[N+](C)(C)C)CCC[N+](C)(C)C. The largest absolute Gasteiger partial charge is 0.342 e. The highest BCUT2D eigenvalue weighted by Crippen LogP contribution is 2.12. The first-order valence-electron chi connectivity index (χ1n) is 11.9. The Bertz CT molecular complexity index is 362. The molecule has 0 radical (unpaired) electrons. The zero-order valence-electron chi connectivity index (χ0n) is 20.6. The number of amides is 1. The lowest BCUT2D eigenvalue weighted by Crippen LogP contribution is -2.41. The van der Waals surface area contributed by atoms with Gasteiger partial charge in [-0.15, -0.1) is 0 Å². The molecule has 0 saturated heterocycles. The Morgan fingerprint density at radius 1 is 0.607 bits per heavy atom. The fourth-order valence-electron chi connectivity index (χ4n) is 3.58. The fraction of sp³-hybridized carbons (Fsp3) is 0.958. The van der Waals surface area contributed by atoms with Crippen LogP contribution >= 0.6 is 0 Å². The van der Waals surface area contributed by atoms with E-state index < -0.39 is 0 Å². The van der Waals surface area contributed by atoms with E-state index in [1.807, 2.05) is 0 Å². The molecule has 0 aromatic heterocycles. The van der Waals surface area contributed by atoms with E-state index in [2.05, 4.69) is 54.1 Å². The molecular formula is C24H53N3O+2. The smallest absolute Gasteiger partial charge is 0.222 e. The van der Waals surface area contributed by atoms with Gasteiger partial charge in [0, 0.05) is 32.4 Å². The Balaban J connectivity index is 4.12. The third kappa shape index (κ3) is 18.7. The van der Waals surface area contributed by atoms with Gasteiger partial charge in [0.1, 0.15) is 0 Å². The van der Waals surface area contributed by atoms with E-state index >= 15 is 0 Å². The van der Waals surface area contributed by atoms with Gasteiger partial charge < -0.3 is 13.9 Å². The van der Waals surface area contributed by atoms with Crippen molar-refractivity contribution in [2.75, 3.05) is 68.5 Å². The number of nitrogens with zero attached hydrogens (tertiary/aromatic N) is 3. The van der Waals surface area contributed by atoms with Crippen LogP contribution in [0.1, 0.15) is 84.0 Å². The number of hydrogen-bond acceptors (Lipinski definition) is 1. The van der Waals surface area contributed by atoms with Gasteiger partial charge >= 0.3 is 0 Å². The maximum Gasteiger partial charge on any atom is 0.222 e. The minimum atomic E-state index is 0.380. The Labute approximate surface area is 177 Å². The van der Waals surface area contributed by atoms with Crippen LogP contribution in [0, 0.1) is 0 Å². The lowest BCUT2D eigenvalue weighted by Gasteiger charge is -2.29. The van der Waals surface area contributed by atoms with Gasteiger partial charge in [0.05, 0.1) is 55.4 Å². The van der Waals surface area contributed by atoms with Crippen molar-refractivity contribution in [2.24, 2.45) is 0 Å². The van der Waals surface area contributed by atoms with Crippen molar-refractivity contribution in [2.45, 2.75) is 84.0 Å². The molecular weight excluding hydrogens is 346 g/mol. The van der Waals surface area contributed by atoms with Crippen molar-refractivity contribution < 1.29 is 13.8 Å². The topological polar surface area (TPSA) is 20.3 Å². The first-order chi connectivity index (χ1) is 13.0. The Morgan fingerprint density at radius 2 is 1.00 bits per heavy atom. The van der Waals surface area contributed by atoms with Gasteiger partial charge in [-0.05, 0) is 6.42 Å². The fourth-order valence-corrected chi connectivity index (χ4v) is 3.58. The Kier molecular flexibility index (Phi) is 14.9. The molecule has 0 fully saturated rings. The second-order valence-corrected chi connectivity index (χ2v) is 10.7. The van der Waals surface area contributed by atoms with Crippen LogP contribution in [0.5, 0.6) is 0 Å². The quantitative estimate of drug-likeness (QED) is 0.236. The third-order valence-electron chi connectivity index (χ3n) is 5.36. The second kappa shape index (κ2) is 15.3. The van der Waals surface area contributed by atoms with Crippen molar-refractivity contribution in [3.63, 3.8) is 0 Å². The summed E-state index contributed by atoms with van der Waals surface area (Å²) in [7, 11) is 13.4. The number of carbonyl (C=O) groups is 1. The molecule has 0 aliphatic carbocycles. The van der Waals surface area contributed by atoms with E-state index in [0.29, 0.717) is 5.91 Å². The Morgan fingerprint density at radius 3 is 1.39 bits per heavy atom. The van der Waals surface area contributed by atoms with Crippen molar-refractivity contribution in [1.29, 1.82) is 0 Å². The highest BCUT2D eigenvalue weighted by atomic mass is 16.2. The van der Waals surface area contributed by atoms with Crippen molar-refractivity contribution >= 4 is 5.91 Å². The number of hydrogen-bond donors (Lipinski definition) is 0. The van der Waals surface area contributed by atoms with E-state index in [1.54, 1.807) is 0 Å². The summed E-state index contributed by atoms with van der Waals surface area (Å²) in [5.41, 5.74) is 0. The van der Waals surface area contributed by atoms with Gasteiger partial charge in [0.25, 0.3) is 0 Å². The molecule has 0 N–H and O–H groups in total. The van der Waals surface area contributed by atoms with Gasteiger partial charge in [-0.25, -0.2) is 0 Å². The minimum Gasteiger partial charge on any atom is -0.342 e. The van der Waals surface area contributed by atoms with Crippen LogP contribution in [0.3, 0.4) is 0 Å². The first kappa shape index (κ1) is 27.4. The summed E-state index contributed by atoms with van der Waals surface area (Å²) in [6.45, 7) is 6.35. The molecule has 0 rings (SSSR count). The van der Waals surface area contributed by atoms with E-state index in [9.17, 15) is 4.79 Å². The first-order valence-corrected chi connectivity index (χ1v) is 11.9. The number of rotatable bonds is 18. The molecule has 0 aliphatic heterocycles. The molecule has 168 valence electrons. The molecule has 4 nitrogen and oxygen atoms in total. The van der Waals surface area contributed by atoms with Gasteiger partial charge in [-0.3, -0.25) is 4.79 Å². The summed E-state index contributed by atoms with van der Waals surface area (Å²) >= 11 is 0. The maximum atomic E-state index is 12.8. The van der Waals surface area contributed by atoms with E-state index in [0.717, 1.165) is 60.8 Å². The summed E-state index contributed by atoms with van der Waals surface area (Å²) in [5, 5.41) is 0. The van der Waals surface area contributed by atoms with Crippen molar-refractivity contribution in [3.8, 4) is 0 Å². The molecule has 0 bridgehead atoms. The van der Waals surface area contributed by atoms with Crippen LogP contribution in [-0.4, -0.2) is 88.2 Å². The molecule has 0 aromatic rings. The predicted octanol–water partition coefficient (Wildman–Crippen LogP) is 4.93. The van der Waals surface area contributed by atoms with Crippen LogP contribution in [0.4, 0.5) is 0 Å². The van der Waals surface area contributed by atoms with Crippen molar-refractivity contribution in [1.82, 2.24) is 4.90 Å². The number of unbranched alkanes of at least 4 members (excludes halogenated alkanes) is 8. The molecule has 0 saturated carbocycles. The summed E-state index contributed by atoms with van der Waals surface area (Å²) in [6, 6.07) is 0. The lowest BCUT2D eigenvalue weighted by atomic mass is 10.1. The molecule has 0 aromatic carbocycles. The molecule has 28 heavy (non-hydrogen) atoms. The number of quaternary nitrogens is 2. The van der Waals surface area contributed by atoms with Crippen molar-refractivity contribution in [3.05, 3.63) is 0 Å². The van der Waals surface area contributed by atoms with Gasteiger partial charge in [-0.1, -0.05) is 58.3 Å². The van der Waals surface area contributed by atoms with Gasteiger partial charge in [0.2, 0.25) is 5.91 Å². The highest BCUT2D eigenvalue weighted by molar-refractivity contribution is 5.76. The normalized spacial score (nSPS) is 12.4. The van der Waals surface area contributed by atoms with Crippen LogP contribution in [-0.2, 0) is 4.79 Å².